The van der Waals surface area contributed by atoms with Crippen molar-refractivity contribution in [3.8, 4) is 0 Å². The summed E-state index contributed by atoms with van der Waals surface area (Å²) in [4.78, 5) is 0. The zero-order valence-electron chi connectivity index (χ0n) is 7.30. The monoisotopic (exact) mass is 202 g/mol. The Bertz CT molecular complexity index is 326. The van der Waals surface area contributed by atoms with Crippen LogP contribution in [0.15, 0.2) is 24.8 Å². The Labute approximate surface area is 79.5 Å². The normalized spacial score (nSPS) is 12.6. The van der Waals surface area contributed by atoms with E-state index in [1.54, 1.807) is 0 Å². The van der Waals surface area contributed by atoms with Crippen LogP contribution in [0.2, 0.25) is 0 Å². The fourth-order valence-electron chi connectivity index (χ4n) is 1.06. The van der Waals surface area contributed by atoms with E-state index in [2.05, 4.69) is 6.58 Å². The molecule has 1 unspecified atom stereocenters. The summed E-state index contributed by atoms with van der Waals surface area (Å²) in [6.45, 7) is 3.37. The Kier molecular flexibility index (Phi) is 3.30. The third-order valence-corrected chi connectivity index (χ3v) is 1.78. The lowest BCUT2D eigenvalue weighted by molar-refractivity contribution is 0.180. The van der Waals surface area contributed by atoms with Gasteiger partial charge in [0.1, 0.15) is 0 Å². The summed E-state index contributed by atoms with van der Waals surface area (Å²) in [6.07, 6.45) is 0.506. The van der Waals surface area contributed by atoms with E-state index in [1.165, 1.54) is 6.08 Å². The number of rotatable bonds is 3. The van der Waals surface area contributed by atoms with E-state index >= 15 is 0 Å². The molecule has 1 aromatic carbocycles. The predicted octanol–water partition coefficient (Wildman–Crippen LogP) is 2.71. The standard InChI is InChI=1S/C10H9F3O/c1-2-3-9(14)6-4-7(11)10(13)8(12)5-6/h2,4-5,9,14H,1,3H2. The van der Waals surface area contributed by atoms with Gasteiger partial charge >= 0.3 is 0 Å². The number of hydrogen-bond acceptors (Lipinski definition) is 1. The fraction of sp³-hybridized carbons (Fsp3) is 0.200. The van der Waals surface area contributed by atoms with Gasteiger partial charge in [0.15, 0.2) is 17.5 Å². The second-order valence-corrected chi connectivity index (χ2v) is 2.84. The summed E-state index contributed by atoms with van der Waals surface area (Å²) < 4.78 is 37.9. The van der Waals surface area contributed by atoms with Crippen molar-refractivity contribution in [3.05, 3.63) is 47.8 Å². The van der Waals surface area contributed by atoms with Gasteiger partial charge < -0.3 is 5.11 Å². The molecular formula is C10H9F3O. The Morgan fingerprint density at radius 2 is 1.79 bits per heavy atom. The average molecular weight is 202 g/mol. The third kappa shape index (κ3) is 2.14. The molecule has 14 heavy (non-hydrogen) atoms. The molecule has 0 saturated heterocycles. The van der Waals surface area contributed by atoms with Crippen molar-refractivity contribution in [2.75, 3.05) is 0 Å². The zero-order valence-corrected chi connectivity index (χ0v) is 7.30. The van der Waals surface area contributed by atoms with Gasteiger partial charge in [0.25, 0.3) is 0 Å². The van der Waals surface area contributed by atoms with Gasteiger partial charge in [0.2, 0.25) is 0 Å². The molecule has 0 aliphatic rings. The minimum absolute atomic E-state index is 0.00120. The Morgan fingerprint density at radius 1 is 1.29 bits per heavy atom. The first-order valence-electron chi connectivity index (χ1n) is 3.99. The molecule has 1 nitrogen and oxygen atoms in total. The summed E-state index contributed by atoms with van der Waals surface area (Å²) in [5.41, 5.74) is 0.00120. The Hall–Kier alpha value is -1.29. The van der Waals surface area contributed by atoms with Crippen LogP contribution in [0.4, 0.5) is 13.2 Å². The van der Waals surface area contributed by atoms with E-state index in [1.807, 2.05) is 0 Å². The number of hydrogen-bond donors (Lipinski definition) is 1. The topological polar surface area (TPSA) is 20.2 Å². The molecule has 0 radical (unpaired) electrons. The molecule has 0 aliphatic heterocycles. The van der Waals surface area contributed by atoms with E-state index in [0.717, 1.165) is 12.1 Å². The van der Waals surface area contributed by atoms with Crippen molar-refractivity contribution in [2.24, 2.45) is 0 Å². The molecule has 1 N–H and O–H groups in total. The first kappa shape index (κ1) is 10.8. The third-order valence-electron chi connectivity index (χ3n) is 1.78. The predicted molar refractivity (Wildman–Crippen MR) is 46.1 cm³/mol. The van der Waals surface area contributed by atoms with Crippen molar-refractivity contribution in [2.45, 2.75) is 12.5 Å². The molecule has 4 heteroatoms. The van der Waals surface area contributed by atoms with E-state index in [0.29, 0.717) is 0 Å². The highest BCUT2D eigenvalue weighted by Gasteiger charge is 2.14. The van der Waals surface area contributed by atoms with E-state index in [4.69, 9.17) is 0 Å². The zero-order chi connectivity index (χ0) is 10.7. The Balaban J connectivity index is 3.05. The molecule has 0 bridgehead atoms. The van der Waals surface area contributed by atoms with Crippen molar-refractivity contribution in [3.63, 3.8) is 0 Å². The van der Waals surface area contributed by atoms with Gasteiger partial charge in [-0.3, -0.25) is 0 Å². The number of aliphatic hydroxyl groups is 1. The smallest absolute Gasteiger partial charge is 0.194 e. The van der Waals surface area contributed by atoms with Gasteiger partial charge in [-0.25, -0.2) is 13.2 Å². The molecular weight excluding hydrogens is 193 g/mol. The SMILES string of the molecule is C=CCC(O)c1cc(F)c(F)c(F)c1. The quantitative estimate of drug-likeness (QED) is 0.590. The fourth-order valence-corrected chi connectivity index (χ4v) is 1.06. The highest BCUT2D eigenvalue weighted by molar-refractivity contribution is 5.21. The highest BCUT2D eigenvalue weighted by atomic mass is 19.2. The molecule has 1 rings (SSSR count). The van der Waals surface area contributed by atoms with Crippen LogP contribution in [-0.4, -0.2) is 5.11 Å². The molecule has 0 amide bonds. The lowest BCUT2D eigenvalue weighted by Crippen LogP contribution is -2.00. The first-order valence-corrected chi connectivity index (χ1v) is 3.99. The number of benzene rings is 1. The molecule has 1 atom stereocenters. The lowest BCUT2D eigenvalue weighted by Gasteiger charge is -2.08. The summed E-state index contributed by atoms with van der Waals surface area (Å²) in [5.74, 6) is -4.13. The summed E-state index contributed by atoms with van der Waals surface area (Å²) in [7, 11) is 0. The van der Waals surface area contributed by atoms with Crippen LogP contribution in [0.5, 0.6) is 0 Å². The molecule has 0 spiro atoms. The van der Waals surface area contributed by atoms with Crippen LogP contribution in [0.25, 0.3) is 0 Å². The van der Waals surface area contributed by atoms with Crippen LogP contribution >= 0.6 is 0 Å². The molecule has 0 heterocycles. The molecule has 76 valence electrons. The molecule has 0 fully saturated rings. The summed E-state index contributed by atoms with van der Waals surface area (Å²) in [6, 6.07) is 1.54. The maximum absolute atomic E-state index is 12.7. The number of aliphatic hydroxyl groups excluding tert-OH is 1. The molecule has 1 aromatic rings. The number of halogens is 3. The van der Waals surface area contributed by atoms with Crippen molar-refractivity contribution >= 4 is 0 Å². The first-order chi connectivity index (χ1) is 6.56. The summed E-state index contributed by atoms with van der Waals surface area (Å²) >= 11 is 0. The maximum Gasteiger partial charge on any atom is 0.194 e. The summed E-state index contributed by atoms with van der Waals surface area (Å²) in [5, 5.41) is 9.33. The second-order valence-electron chi connectivity index (χ2n) is 2.84. The van der Waals surface area contributed by atoms with E-state index < -0.39 is 23.6 Å². The van der Waals surface area contributed by atoms with Crippen molar-refractivity contribution in [1.82, 2.24) is 0 Å². The average Bonchev–Trinajstić information content (AvgIpc) is 2.13. The van der Waals surface area contributed by atoms with Gasteiger partial charge in [-0.15, -0.1) is 6.58 Å². The van der Waals surface area contributed by atoms with Gasteiger partial charge in [-0.2, -0.15) is 0 Å². The van der Waals surface area contributed by atoms with Gasteiger partial charge in [-0.05, 0) is 24.1 Å². The van der Waals surface area contributed by atoms with Gasteiger partial charge in [-0.1, -0.05) is 6.08 Å². The lowest BCUT2D eigenvalue weighted by atomic mass is 10.1. The van der Waals surface area contributed by atoms with Crippen LogP contribution in [0.3, 0.4) is 0 Å². The molecule has 0 saturated carbocycles. The molecule has 0 aromatic heterocycles. The van der Waals surface area contributed by atoms with Gasteiger partial charge in [0, 0.05) is 0 Å². The van der Waals surface area contributed by atoms with Crippen LogP contribution in [0.1, 0.15) is 18.1 Å². The van der Waals surface area contributed by atoms with Crippen molar-refractivity contribution in [1.29, 1.82) is 0 Å². The van der Waals surface area contributed by atoms with E-state index in [9.17, 15) is 18.3 Å². The van der Waals surface area contributed by atoms with Crippen LogP contribution < -0.4 is 0 Å². The maximum atomic E-state index is 12.7. The van der Waals surface area contributed by atoms with Crippen molar-refractivity contribution < 1.29 is 18.3 Å². The van der Waals surface area contributed by atoms with Crippen LogP contribution in [-0.2, 0) is 0 Å². The largest absolute Gasteiger partial charge is 0.388 e. The molecule has 0 aliphatic carbocycles. The van der Waals surface area contributed by atoms with E-state index in [-0.39, 0.29) is 12.0 Å². The minimum Gasteiger partial charge on any atom is -0.388 e. The van der Waals surface area contributed by atoms with Gasteiger partial charge in [0.05, 0.1) is 6.10 Å². The highest BCUT2D eigenvalue weighted by Crippen LogP contribution is 2.21. The second kappa shape index (κ2) is 4.28. The minimum atomic E-state index is -1.53. The Morgan fingerprint density at radius 3 is 2.21 bits per heavy atom. The van der Waals surface area contributed by atoms with Crippen LogP contribution in [0, 0.1) is 17.5 Å².